The minimum atomic E-state index is -2.34. The predicted molar refractivity (Wildman–Crippen MR) is 93.7 cm³/mol. The number of esters is 1. The topological polar surface area (TPSA) is 140 Å². The van der Waals surface area contributed by atoms with Crippen molar-refractivity contribution in [3.05, 3.63) is 29.8 Å². The van der Waals surface area contributed by atoms with Crippen molar-refractivity contribution >= 4 is 28.9 Å². The van der Waals surface area contributed by atoms with Gasteiger partial charge in [0.1, 0.15) is 5.75 Å². The molecule has 0 aliphatic carbocycles. The van der Waals surface area contributed by atoms with Gasteiger partial charge in [-0.15, -0.1) is 3.98 Å². The molecule has 2 rings (SSSR count). The molecule has 0 spiro atoms. The molecular formula is C15H19N6O4S+. The van der Waals surface area contributed by atoms with E-state index in [1.807, 2.05) is 6.92 Å². The van der Waals surface area contributed by atoms with E-state index in [-0.39, 0.29) is 25.3 Å². The fourth-order valence-corrected chi connectivity index (χ4v) is 2.65. The Labute approximate surface area is 152 Å². The molecule has 1 atom stereocenters. The number of rotatable bonds is 9. The summed E-state index contributed by atoms with van der Waals surface area (Å²) in [6.45, 7) is 2.08. The molecule has 2 N–H and O–H groups in total. The van der Waals surface area contributed by atoms with Crippen LogP contribution < -0.4 is 4.74 Å². The van der Waals surface area contributed by atoms with Gasteiger partial charge < -0.3 is 10.1 Å². The molecule has 0 saturated heterocycles. The third-order valence-corrected chi connectivity index (χ3v) is 4.12. The first-order valence-electron chi connectivity index (χ1n) is 7.97. The third-order valence-electron chi connectivity index (χ3n) is 3.40. The van der Waals surface area contributed by atoms with Gasteiger partial charge in [-0.2, -0.15) is 4.21 Å². The van der Waals surface area contributed by atoms with Crippen LogP contribution in [-0.4, -0.2) is 36.9 Å². The number of ether oxygens (including phenoxy) is 1. The van der Waals surface area contributed by atoms with Crippen molar-refractivity contribution in [1.82, 2.24) is 0 Å². The molecule has 1 aromatic carbocycles. The molecule has 11 heteroatoms. The van der Waals surface area contributed by atoms with Gasteiger partial charge >= 0.3 is 23.2 Å². The summed E-state index contributed by atoms with van der Waals surface area (Å²) in [7, 11) is 0. The maximum Gasteiger partial charge on any atom is 0.491 e. The third kappa shape index (κ3) is 5.70. The summed E-state index contributed by atoms with van der Waals surface area (Å²) in [5.41, 5.74) is 1.34. The first-order valence-corrected chi connectivity index (χ1v) is 9.03. The Kier molecular flexibility index (Phi) is 7.36. The highest BCUT2D eigenvalue weighted by atomic mass is 32.2. The molecule has 0 bridgehead atoms. The molecular weight excluding hydrogens is 360 g/mol. The molecule has 1 heterocycles. The average Bonchev–Trinajstić information content (AvgIpc) is 3.13. The lowest BCUT2D eigenvalue weighted by Crippen LogP contribution is -2.22. The summed E-state index contributed by atoms with van der Waals surface area (Å²) in [4.78, 5) is 11.9. The monoisotopic (exact) mass is 379 g/mol. The van der Waals surface area contributed by atoms with E-state index in [4.69, 9.17) is 10.1 Å². The number of hydrogen-bond acceptors (Lipinski definition) is 6. The largest absolute Gasteiger partial charge is 0.491 e. The maximum atomic E-state index is 11.9. The highest BCUT2D eigenvalue weighted by Gasteiger charge is 2.23. The Bertz CT molecular complexity index is 774. The van der Waals surface area contributed by atoms with E-state index >= 15 is 0 Å². The van der Waals surface area contributed by atoms with Gasteiger partial charge in [0.2, 0.25) is 0 Å². The predicted octanol–water partition coefficient (Wildman–Crippen LogP) is 2.88. The van der Waals surface area contributed by atoms with Gasteiger partial charge in [0.25, 0.3) is 0 Å². The van der Waals surface area contributed by atoms with Gasteiger partial charge in [0.15, 0.2) is 0 Å². The number of nitrogens with one attached hydrogen (secondary N) is 1. The highest BCUT2D eigenvalue weighted by Crippen LogP contribution is 2.15. The molecule has 0 radical (unpaired) electrons. The summed E-state index contributed by atoms with van der Waals surface area (Å²) in [6.07, 6.45) is 1.90. The molecule has 1 unspecified atom stereocenters. The molecule has 0 amide bonds. The van der Waals surface area contributed by atoms with E-state index in [9.17, 15) is 13.6 Å². The van der Waals surface area contributed by atoms with Crippen LogP contribution in [0.3, 0.4) is 0 Å². The summed E-state index contributed by atoms with van der Waals surface area (Å²) in [5, 5.41) is 21.4. The lowest BCUT2D eigenvalue weighted by atomic mass is 10.1. The summed E-state index contributed by atoms with van der Waals surface area (Å²) < 4.78 is 26.7. The van der Waals surface area contributed by atoms with Crippen LogP contribution in [0.25, 0.3) is 0 Å². The van der Waals surface area contributed by atoms with E-state index in [0.717, 1.165) is 16.0 Å². The van der Waals surface area contributed by atoms with Crippen molar-refractivity contribution in [3.8, 4) is 5.75 Å². The summed E-state index contributed by atoms with van der Waals surface area (Å²) in [6, 6.07) is 6.76. The van der Waals surface area contributed by atoms with Crippen molar-refractivity contribution in [1.29, 1.82) is 5.41 Å². The number of nitrogens with zero attached hydrogens (tertiary/aromatic N) is 5. The van der Waals surface area contributed by atoms with E-state index in [2.05, 4.69) is 20.7 Å². The second-order valence-electron chi connectivity index (χ2n) is 5.34. The summed E-state index contributed by atoms with van der Waals surface area (Å²) in [5.74, 6) is -0.160. The first kappa shape index (κ1) is 19.7. The molecule has 1 aliphatic rings. The van der Waals surface area contributed by atoms with Crippen molar-refractivity contribution < 1.29 is 22.3 Å². The smallest absolute Gasteiger partial charge is 0.427 e. The number of guanidine groups is 1. The van der Waals surface area contributed by atoms with Gasteiger partial charge in [0.05, 0.1) is 27.2 Å². The Morgan fingerprint density at radius 3 is 2.46 bits per heavy atom. The fraction of sp³-hybridized carbons (Fsp3) is 0.400. The van der Waals surface area contributed by atoms with Gasteiger partial charge in [-0.05, 0) is 42.7 Å². The average molecular weight is 379 g/mol. The van der Waals surface area contributed by atoms with Crippen LogP contribution in [0, 0.1) is 5.41 Å². The fourth-order valence-electron chi connectivity index (χ4n) is 2.16. The second kappa shape index (κ2) is 9.73. The van der Waals surface area contributed by atoms with Gasteiger partial charge in [-0.1, -0.05) is 13.3 Å². The minimum absolute atomic E-state index is 0.0443. The van der Waals surface area contributed by atoms with Crippen molar-refractivity contribution in [2.75, 3.05) is 6.54 Å². The zero-order chi connectivity index (χ0) is 18.9. The quantitative estimate of drug-likeness (QED) is 0.224. The lowest BCUT2D eigenvalue weighted by molar-refractivity contribution is -0.369. The van der Waals surface area contributed by atoms with Crippen LogP contribution in [0.15, 0.2) is 44.9 Å². The molecule has 10 nitrogen and oxygen atoms in total. The normalized spacial score (nSPS) is 13.7. The van der Waals surface area contributed by atoms with Crippen LogP contribution in [-0.2, 0) is 16.1 Å². The van der Waals surface area contributed by atoms with Crippen LogP contribution in [0.1, 0.15) is 38.2 Å². The number of benzene rings is 1. The van der Waals surface area contributed by atoms with Crippen molar-refractivity contribution in [2.24, 2.45) is 20.7 Å². The van der Waals surface area contributed by atoms with E-state index in [1.165, 1.54) is 0 Å². The molecule has 0 aromatic heterocycles. The molecule has 0 saturated carbocycles. The van der Waals surface area contributed by atoms with Crippen molar-refractivity contribution in [2.45, 2.75) is 32.6 Å². The standard InChI is InChI=1S/C15H18N6O4S/c1-2-4-13(16)11-6-8-12(9-7-11)25-14(22)5-3-10-21(26(23)24)15-17-19-20-18-15/h6-9,16H,2-5,10H2,1H3/p+1. The number of carbonyl (C=O) groups excluding carboxylic acids is 1. The van der Waals surface area contributed by atoms with E-state index in [0.29, 0.717) is 17.9 Å². The maximum absolute atomic E-state index is 11.9. The van der Waals surface area contributed by atoms with Crippen LogP contribution >= 0.6 is 0 Å². The van der Waals surface area contributed by atoms with E-state index < -0.39 is 17.2 Å². The molecule has 1 aliphatic heterocycles. The molecule has 26 heavy (non-hydrogen) atoms. The Hall–Kier alpha value is -2.66. The van der Waals surface area contributed by atoms with Crippen LogP contribution in [0.4, 0.5) is 0 Å². The first-order chi connectivity index (χ1) is 12.5. The minimum Gasteiger partial charge on any atom is -0.427 e. The molecule has 138 valence electrons. The van der Waals surface area contributed by atoms with Crippen molar-refractivity contribution in [3.63, 3.8) is 0 Å². The molecule has 1 aromatic rings. The Morgan fingerprint density at radius 2 is 1.88 bits per heavy atom. The van der Waals surface area contributed by atoms with Crippen LogP contribution in [0.5, 0.6) is 5.75 Å². The zero-order valence-electron chi connectivity index (χ0n) is 14.2. The van der Waals surface area contributed by atoms with E-state index in [1.54, 1.807) is 24.3 Å². The summed E-state index contributed by atoms with van der Waals surface area (Å²) >= 11 is -2.34. The molecule has 0 fully saturated rings. The van der Waals surface area contributed by atoms with Gasteiger partial charge in [-0.25, -0.2) is 0 Å². The number of carbonyl (C=O) groups is 1. The Morgan fingerprint density at radius 1 is 1.23 bits per heavy atom. The Balaban J connectivity index is 1.84. The van der Waals surface area contributed by atoms with Crippen LogP contribution in [0.2, 0.25) is 0 Å². The zero-order valence-corrected chi connectivity index (χ0v) is 15.0. The number of hydrogen-bond donors (Lipinski definition) is 2. The SMILES string of the molecule is CCCC(=N)c1ccc(OC(=O)CCC[N+](=C2N=NN=N2)S(=O)O)cc1. The highest BCUT2D eigenvalue weighted by molar-refractivity contribution is 7.72. The lowest BCUT2D eigenvalue weighted by Gasteiger charge is -2.06. The van der Waals surface area contributed by atoms with Gasteiger partial charge in [-0.3, -0.25) is 9.35 Å². The van der Waals surface area contributed by atoms with Gasteiger partial charge in [0, 0.05) is 12.1 Å². The second-order valence-corrected chi connectivity index (χ2v) is 6.24.